The number of likely N-dealkylation sites (N-methyl/N-ethyl adjacent to an activating group) is 1. The molecule has 0 spiro atoms. The summed E-state index contributed by atoms with van der Waals surface area (Å²) in [7, 11) is 2.10. The summed E-state index contributed by atoms with van der Waals surface area (Å²) in [5.41, 5.74) is 1.18. The van der Waals surface area contributed by atoms with Crippen molar-refractivity contribution in [1.82, 2.24) is 19.7 Å². The number of nitrogens with zero attached hydrogens (tertiary/aromatic N) is 3. The Morgan fingerprint density at radius 2 is 2.05 bits per heavy atom. The molecule has 1 fully saturated rings. The lowest BCUT2D eigenvalue weighted by molar-refractivity contribution is -0.133. The van der Waals surface area contributed by atoms with Crippen molar-refractivity contribution in [2.24, 2.45) is 0 Å². The third-order valence-corrected chi connectivity index (χ3v) is 3.98. The maximum absolute atomic E-state index is 12.4. The van der Waals surface area contributed by atoms with Gasteiger partial charge < -0.3 is 19.7 Å². The molecule has 0 aromatic carbocycles. The second-order valence-corrected chi connectivity index (χ2v) is 5.52. The standard InChI is InChI=1S/C15H26N4O/c1-4-16-13(2)14-6-5-7-19(14)12-15(20)18-10-8-17(3)9-11-18/h5-7,13,16H,4,8-12H2,1-3H3. The molecule has 2 rings (SSSR count). The van der Waals surface area contributed by atoms with Crippen molar-refractivity contribution in [3.8, 4) is 0 Å². The quantitative estimate of drug-likeness (QED) is 0.871. The van der Waals surface area contributed by atoms with Crippen LogP contribution in [0, 0.1) is 0 Å². The van der Waals surface area contributed by atoms with Crippen LogP contribution in [0.3, 0.4) is 0 Å². The Labute approximate surface area is 121 Å². The highest BCUT2D eigenvalue weighted by atomic mass is 16.2. The van der Waals surface area contributed by atoms with E-state index in [0.717, 1.165) is 32.7 Å². The Morgan fingerprint density at radius 3 is 2.70 bits per heavy atom. The van der Waals surface area contributed by atoms with Crippen molar-refractivity contribution >= 4 is 5.91 Å². The fourth-order valence-electron chi connectivity index (χ4n) is 2.68. The first-order chi connectivity index (χ1) is 9.61. The molecule has 0 bridgehead atoms. The molecule has 1 aromatic heterocycles. The van der Waals surface area contributed by atoms with Gasteiger partial charge in [-0.1, -0.05) is 6.92 Å². The van der Waals surface area contributed by atoms with Gasteiger partial charge in [-0.15, -0.1) is 0 Å². The summed E-state index contributed by atoms with van der Waals surface area (Å²) in [6.07, 6.45) is 2.00. The molecule has 0 aliphatic carbocycles. The van der Waals surface area contributed by atoms with Gasteiger partial charge in [-0.05, 0) is 32.6 Å². The third kappa shape index (κ3) is 3.61. The summed E-state index contributed by atoms with van der Waals surface area (Å²) in [6, 6.07) is 4.38. The zero-order valence-corrected chi connectivity index (χ0v) is 12.8. The molecular formula is C15H26N4O. The first kappa shape index (κ1) is 15.1. The Kier molecular flexibility index (Phi) is 5.20. The van der Waals surface area contributed by atoms with E-state index in [2.05, 4.69) is 41.7 Å². The van der Waals surface area contributed by atoms with E-state index in [1.54, 1.807) is 0 Å². The molecular weight excluding hydrogens is 252 g/mol. The monoisotopic (exact) mass is 278 g/mol. The molecule has 2 heterocycles. The van der Waals surface area contributed by atoms with Gasteiger partial charge in [0.1, 0.15) is 6.54 Å². The zero-order chi connectivity index (χ0) is 14.5. The predicted molar refractivity (Wildman–Crippen MR) is 80.6 cm³/mol. The SMILES string of the molecule is CCNC(C)c1cccn1CC(=O)N1CCN(C)CC1. The molecule has 0 radical (unpaired) electrons. The summed E-state index contributed by atoms with van der Waals surface area (Å²) < 4.78 is 2.06. The molecule has 1 unspecified atom stereocenters. The van der Waals surface area contributed by atoms with Crippen LogP contribution in [0.25, 0.3) is 0 Å². The smallest absolute Gasteiger partial charge is 0.242 e. The van der Waals surface area contributed by atoms with Gasteiger partial charge in [0.05, 0.1) is 0 Å². The lowest BCUT2D eigenvalue weighted by atomic mass is 10.2. The van der Waals surface area contributed by atoms with Gasteiger partial charge in [-0.3, -0.25) is 4.79 Å². The summed E-state index contributed by atoms with van der Waals surface area (Å²) in [5.74, 6) is 0.222. The number of carbonyl (C=O) groups excluding carboxylic acids is 1. The molecule has 1 saturated heterocycles. The van der Waals surface area contributed by atoms with Gasteiger partial charge >= 0.3 is 0 Å². The number of nitrogens with one attached hydrogen (secondary N) is 1. The van der Waals surface area contributed by atoms with Gasteiger partial charge in [-0.2, -0.15) is 0 Å². The molecule has 1 amide bonds. The molecule has 1 aliphatic heterocycles. The van der Waals surface area contributed by atoms with Crippen LogP contribution in [0.1, 0.15) is 25.6 Å². The fourth-order valence-corrected chi connectivity index (χ4v) is 2.68. The number of rotatable bonds is 5. The maximum atomic E-state index is 12.4. The van der Waals surface area contributed by atoms with Crippen molar-refractivity contribution in [2.45, 2.75) is 26.4 Å². The highest BCUT2D eigenvalue weighted by Crippen LogP contribution is 2.14. The lowest BCUT2D eigenvalue weighted by Gasteiger charge is -2.32. The number of carbonyl (C=O) groups is 1. The van der Waals surface area contributed by atoms with E-state index in [4.69, 9.17) is 0 Å². The second kappa shape index (κ2) is 6.90. The molecule has 1 atom stereocenters. The van der Waals surface area contributed by atoms with Crippen LogP contribution >= 0.6 is 0 Å². The van der Waals surface area contributed by atoms with Crippen LogP contribution < -0.4 is 5.32 Å². The van der Waals surface area contributed by atoms with Crippen molar-refractivity contribution < 1.29 is 4.79 Å². The van der Waals surface area contributed by atoms with Crippen molar-refractivity contribution in [2.75, 3.05) is 39.8 Å². The molecule has 1 N–H and O–H groups in total. The number of amides is 1. The first-order valence-electron chi connectivity index (χ1n) is 7.46. The largest absolute Gasteiger partial charge is 0.341 e. The minimum atomic E-state index is 0.222. The fraction of sp³-hybridized carbons (Fsp3) is 0.667. The minimum Gasteiger partial charge on any atom is -0.341 e. The number of aromatic nitrogens is 1. The highest BCUT2D eigenvalue weighted by molar-refractivity contribution is 5.76. The Morgan fingerprint density at radius 1 is 1.35 bits per heavy atom. The van der Waals surface area contributed by atoms with Crippen LogP contribution in [-0.4, -0.2) is 60.0 Å². The van der Waals surface area contributed by atoms with Crippen LogP contribution in [0.15, 0.2) is 18.3 Å². The van der Waals surface area contributed by atoms with E-state index in [-0.39, 0.29) is 11.9 Å². The first-order valence-corrected chi connectivity index (χ1v) is 7.46. The number of piperazine rings is 1. The van der Waals surface area contributed by atoms with Gasteiger partial charge in [-0.25, -0.2) is 0 Å². The number of hydrogen-bond donors (Lipinski definition) is 1. The molecule has 0 saturated carbocycles. The van der Waals surface area contributed by atoms with Crippen LogP contribution in [0.4, 0.5) is 0 Å². The summed E-state index contributed by atoms with van der Waals surface area (Å²) >= 11 is 0. The Balaban J connectivity index is 1.96. The van der Waals surface area contributed by atoms with Crippen molar-refractivity contribution in [3.63, 3.8) is 0 Å². The molecule has 5 heteroatoms. The molecule has 5 nitrogen and oxygen atoms in total. The van der Waals surface area contributed by atoms with Crippen molar-refractivity contribution in [3.05, 3.63) is 24.0 Å². The molecule has 1 aliphatic rings. The van der Waals surface area contributed by atoms with Crippen LogP contribution in [0.5, 0.6) is 0 Å². The summed E-state index contributed by atoms with van der Waals surface area (Å²) in [4.78, 5) is 16.6. The molecule has 20 heavy (non-hydrogen) atoms. The van der Waals surface area contributed by atoms with E-state index < -0.39 is 0 Å². The van der Waals surface area contributed by atoms with Gasteiger partial charge in [0.15, 0.2) is 0 Å². The second-order valence-electron chi connectivity index (χ2n) is 5.52. The van der Waals surface area contributed by atoms with Crippen molar-refractivity contribution in [1.29, 1.82) is 0 Å². The van der Waals surface area contributed by atoms with Crippen LogP contribution in [-0.2, 0) is 11.3 Å². The minimum absolute atomic E-state index is 0.222. The average Bonchev–Trinajstić information content (AvgIpc) is 2.88. The lowest BCUT2D eigenvalue weighted by Crippen LogP contribution is -2.48. The summed E-state index contributed by atoms with van der Waals surface area (Å²) in [6.45, 7) is 9.23. The highest BCUT2D eigenvalue weighted by Gasteiger charge is 2.20. The summed E-state index contributed by atoms with van der Waals surface area (Å²) in [5, 5.41) is 3.39. The third-order valence-electron chi connectivity index (χ3n) is 3.98. The Bertz CT molecular complexity index is 435. The van der Waals surface area contributed by atoms with E-state index in [1.165, 1.54) is 5.69 Å². The average molecular weight is 278 g/mol. The van der Waals surface area contributed by atoms with Gasteiger partial charge in [0.25, 0.3) is 0 Å². The van der Waals surface area contributed by atoms with Crippen LogP contribution in [0.2, 0.25) is 0 Å². The molecule has 112 valence electrons. The maximum Gasteiger partial charge on any atom is 0.242 e. The number of hydrogen-bond acceptors (Lipinski definition) is 3. The topological polar surface area (TPSA) is 40.5 Å². The Hall–Kier alpha value is -1.33. The van der Waals surface area contributed by atoms with E-state index in [1.807, 2.05) is 17.2 Å². The normalized spacial score (nSPS) is 18.2. The van der Waals surface area contributed by atoms with E-state index in [0.29, 0.717) is 6.54 Å². The van der Waals surface area contributed by atoms with Gasteiger partial charge in [0.2, 0.25) is 5.91 Å². The zero-order valence-electron chi connectivity index (χ0n) is 12.8. The van der Waals surface area contributed by atoms with Gasteiger partial charge in [0, 0.05) is 44.1 Å². The van der Waals surface area contributed by atoms with E-state index >= 15 is 0 Å². The predicted octanol–water partition coefficient (Wildman–Crippen LogP) is 0.933. The molecule has 1 aromatic rings. The van der Waals surface area contributed by atoms with E-state index in [9.17, 15) is 4.79 Å².